The predicted molar refractivity (Wildman–Crippen MR) is 131 cm³/mol. The molecule has 3 aromatic heterocycles. The van der Waals surface area contributed by atoms with Crippen molar-refractivity contribution in [2.24, 2.45) is 0 Å². The van der Waals surface area contributed by atoms with E-state index in [1.165, 1.54) is 11.1 Å². The summed E-state index contributed by atoms with van der Waals surface area (Å²) in [5, 5.41) is 4.32. The molecule has 0 aliphatic rings. The fourth-order valence-electron chi connectivity index (χ4n) is 3.73. The molecule has 3 heterocycles. The summed E-state index contributed by atoms with van der Waals surface area (Å²) >= 11 is 0. The maximum Gasteiger partial charge on any atom is 0.227 e. The SMILES string of the molecule is Cc1ccc2nc(Nc3cccc(CC/C=C/C(=O)c4cn5ccccc5n4)c3)ncc2c1. The maximum atomic E-state index is 12.4. The Balaban J connectivity index is 1.20. The number of nitrogens with zero attached hydrogens (tertiary/aromatic N) is 4. The van der Waals surface area contributed by atoms with Crippen LogP contribution in [0.25, 0.3) is 16.6 Å². The zero-order chi connectivity index (χ0) is 22.6. The number of hydrogen-bond donors (Lipinski definition) is 1. The number of pyridine rings is 1. The highest BCUT2D eigenvalue weighted by molar-refractivity contribution is 6.03. The molecule has 6 nitrogen and oxygen atoms in total. The van der Waals surface area contributed by atoms with Crippen LogP contribution in [0.5, 0.6) is 0 Å². The summed E-state index contributed by atoms with van der Waals surface area (Å²) in [5.41, 5.74) is 5.42. The van der Waals surface area contributed by atoms with Crippen molar-refractivity contribution in [3.05, 3.63) is 108 Å². The van der Waals surface area contributed by atoms with Crippen molar-refractivity contribution < 1.29 is 4.79 Å². The molecule has 0 saturated carbocycles. The zero-order valence-electron chi connectivity index (χ0n) is 18.3. The van der Waals surface area contributed by atoms with Gasteiger partial charge in [0.15, 0.2) is 0 Å². The zero-order valence-corrected chi connectivity index (χ0v) is 18.3. The van der Waals surface area contributed by atoms with E-state index in [1.807, 2.05) is 65.3 Å². The number of imidazole rings is 1. The van der Waals surface area contributed by atoms with Gasteiger partial charge in [0.1, 0.15) is 11.3 Å². The standard InChI is InChI=1S/C27H23N5O/c1-19-12-13-23-21(15-19)17-28-27(31-23)29-22-9-6-8-20(16-22)7-2-3-10-25(33)24-18-32-14-5-4-11-26(32)30-24/h3-6,8-18H,2,7H2,1H3,(H,28,29,31)/b10-3+. The molecule has 0 saturated heterocycles. The fraction of sp³-hybridized carbons (Fsp3) is 0.111. The molecule has 0 aliphatic carbocycles. The van der Waals surface area contributed by atoms with Gasteiger partial charge in [-0.3, -0.25) is 4.79 Å². The number of fused-ring (bicyclic) bond motifs is 2. The van der Waals surface area contributed by atoms with Crippen LogP contribution in [-0.4, -0.2) is 25.1 Å². The number of allylic oxidation sites excluding steroid dienone is 2. The number of aryl methyl sites for hydroxylation is 2. The summed E-state index contributed by atoms with van der Waals surface area (Å²) < 4.78 is 1.85. The second kappa shape index (κ2) is 9.04. The van der Waals surface area contributed by atoms with Gasteiger partial charge in [0.25, 0.3) is 0 Å². The third-order valence-electron chi connectivity index (χ3n) is 5.40. The fourth-order valence-corrected chi connectivity index (χ4v) is 3.73. The number of carbonyl (C=O) groups is 1. The third kappa shape index (κ3) is 4.80. The van der Waals surface area contributed by atoms with E-state index in [0.717, 1.165) is 35.1 Å². The molecule has 1 N–H and O–H groups in total. The van der Waals surface area contributed by atoms with E-state index in [9.17, 15) is 4.79 Å². The lowest BCUT2D eigenvalue weighted by Crippen LogP contribution is -1.98. The Labute approximate surface area is 191 Å². The van der Waals surface area contributed by atoms with Crippen molar-refractivity contribution in [1.82, 2.24) is 19.4 Å². The average molecular weight is 434 g/mol. The van der Waals surface area contributed by atoms with Gasteiger partial charge in [-0.2, -0.15) is 0 Å². The Hall–Kier alpha value is -4.32. The Bertz CT molecular complexity index is 1450. The Morgan fingerprint density at radius 1 is 1.06 bits per heavy atom. The molecule has 2 aromatic carbocycles. The molecular weight excluding hydrogens is 410 g/mol. The van der Waals surface area contributed by atoms with Gasteiger partial charge in [-0.05, 0) is 67.8 Å². The Morgan fingerprint density at radius 3 is 2.91 bits per heavy atom. The number of aromatic nitrogens is 4. The van der Waals surface area contributed by atoms with E-state index >= 15 is 0 Å². The van der Waals surface area contributed by atoms with Crippen molar-refractivity contribution >= 4 is 34.0 Å². The molecule has 162 valence electrons. The van der Waals surface area contributed by atoms with Gasteiger partial charge in [0, 0.05) is 29.7 Å². The molecule has 6 heteroatoms. The smallest absolute Gasteiger partial charge is 0.227 e. The lowest BCUT2D eigenvalue weighted by atomic mass is 10.1. The number of anilines is 2. The summed E-state index contributed by atoms with van der Waals surface area (Å²) in [7, 11) is 0. The second-order valence-electron chi connectivity index (χ2n) is 7.98. The molecule has 0 spiro atoms. The van der Waals surface area contributed by atoms with Crippen molar-refractivity contribution in [2.45, 2.75) is 19.8 Å². The van der Waals surface area contributed by atoms with Crippen LogP contribution in [0.2, 0.25) is 0 Å². The molecule has 0 amide bonds. The molecule has 33 heavy (non-hydrogen) atoms. The van der Waals surface area contributed by atoms with Crippen LogP contribution >= 0.6 is 0 Å². The van der Waals surface area contributed by atoms with Crippen molar-refractivity contribution in [3.63, 3.8) is 0 Å². The molecule has 5 aromatic rings. The van der Waals surface area contributed by atoms with E-state index in [2.05, 4.69) is 45.4 Å². The van der Waals surface area contributed by atoms with Crippen LogP contribution in [0.15, 0.2) is 91.4 Å². The van der Waals surface area contributed by atoms with Crippen LogP contribution < -0.4 is 5.32 Å². The predicted octanol–water partition coefficient (Wildman–Crippen LogP) is 5.70. The summed E-state index contributed by atoms with van der Waals surface area (Å²) in [6.07, 6.45) is 10.6. The maximum absolute atomic E-state index is 12.4. The molecule has 0 atom stereocenters. The Morgan fingerprint density at radius 2 is 2.00 bits per heavy atom. The average Bonchev–Trinajstić information content (AvgIpc) is 3.27. The van der Waals surface area contributed by atoms with E-state index in [0.29, 0.717) is 11.6 Å². The largest absolute Gasteiger partial charge is 0.324 e. The van der Waals surface area contributed by atoms with Gasteiger partial charge in [0.2, 0.25) is 11.7 Å². The lowest BCUT2D eigenvalue weighted by Gasteiger charge is -2.08. The first-order chi connectivity index (χ1) is 16.1. The van der Waals surface area contributed by atoms with Gasteiger partial charge in [-0.15, -0.1) is 0 Å². The first-order valence-electron chi connectivity index (χ1n) is 10.9. The van der Waals surface area contributed by atoms with Crippen molar-refractivity contribution in [1.29, 1.82) is 0 Å². The van der Waals surface area contributed by atoms with E-state index in [4.69, 9.17) is 0 Å². The van der Waals surface area contributed by atoms with E-state index in [-0.39, 0.29) is 5.78 Å². The first kappa shape index (κ1) is 20.6. The highest BCUT2D eigenvalue weighted by Crippen LogP contribution is 2.19. The number of carbonyl (C=O) groups excluding carboxylic acids is 1. The third-order valence-corrected chi connectivity index (χ3v) is 5.40. The van der Waals surface area contributed by atoms with Gasteiger partial charge in [-0.1, -0.05) is 35.9 Å². The quantitative estimate of drug-likeness (QED) is 0.263. The van der Waals surface area contributed by atoms with Crippen LogP contribution in [0.1, 0.15) is 28.0 Å². The second-order valence-corrected chi connectivity index (χ2v) is 7.98. The summed E-state index contributed by atoms with van der Waals surface area (Å²) in [4.78, 5) is 25.8. The number of hydrogen-bond acceptors (Lipinski definition) is 5. The van der Waals surface area contributed by atoms with Gasteiger partial charge in [0.05, 0.1) is 5.52 Å². The lowest BCUT2D eigenvalue weighted by molar-refractivity contribution is 0.104. The van der Waals surface area contributed by atoms with Gasteiger partial charge in [-0.25, -0.2) is 15.0 Å². The van der Waals surface area contributed by atoms with Gasteiger partial charge >= 0.3 is 0 Å². The highest BCUT2D eigenvalue weighted by atomic mass is 16.1. The number of ketones is 1. The van der Waals surface area contributed by atoms with E-state index < -0.39 is 0 Å². The normalized spacial score (nSPS) is 11.4. The molecule has 0 radical (unpaired) electrons. The topological polar surface area (TPSA) is 72.2 Å². The summed E-state index contributed by atoms with van der Waals surface area (Å²) in [6.45, 7) is 2.06. The van der Waals surface area contributed by atoms with Crippen LogP contribution in [0, 0.1) is 6.92 Å². The Kier molecular flexibility index (Phi) is 5.64. The van der Waals surface area contributed by atoms with Crippen LogP contribution in [-0.2, 0) is 6.42 Å². The molecule has 0 unspecified atom stereocenters. The van der Waals surface area contributed by atoms with Crippen LogP contribution in [0.3, 0.4) is 0 Å². The molecule has 5 rings (SSSR count). The summed E-state index contributed by atoms with van der Waals surface area (Å²) in [5.74, 6) is 0.485. The molecule has 0 aliphatic heterocycles. The molecular formula is C27H23N5O. The van der Waals surface area contributed by atoms with Crippen LogP contribution in [0.4, 0.5) is 11.6 Å². The monoisotopic (exact) mass is 433 g/mol. The van der Waals surface area contributed by atoms with E-state index in [1.54, 1.807) is 12.3 Å². The molecule has 0 bridgehead atoms. The van der Waals surface area contributed by atoms with Crippen molar-refractivity contribution in [2.75, 3.05) is 5.32 Å². The molecule has 0 fully saturated rings. The minimum absolute atomic E-state index is 0.0854. The van der Waals surface area contributed by atoms with Gasteiger partial charge < -0.3 is 9.72 Å². The highest BCUT2D eigenvalue weighted by Gasteiger charge is 2.07. The minimum atomic E-state index is -0.0854. The number of rotatable bonds is 7. The first-order valence-corrected chi connectivity index (χ1v) is 10.9. The van der Waals surface area contributed by atoms with Crippen molar-refractivity contribution in [3.8, 4) is 0 Å². The minimum Gasteiger partial charge on any atom is -0.324 e. The number of nitrogens with one attached hydrogen (secondary N) is 1. The number of benzene rings is 2. The summed E-state index contributed by atoms with van der Waals surface area (Å²) in [6, 6.07) is 20.0.